The first kappa shape index (κ1) is 14.5. The van der Waals surface area contributed by atoms with Crippen molar-refractivity contribution in [1.29, 1.82) is 0 Å². The van der Waals surface area contributed by atoms with Gasteiger partial charge in [-0.1, -0.05) is 25.1 Å². The van der Waals surface area contributed by atoms with Crippen LogP contribution in [0.25, 0.3) is 5.69 Å². The molecule has 0 fully saturated rings. The lowest BCUT2D eigenvalue weighted by molar-refractivity contribution is 0.102. The lowest BCUT2D eigenvalue weighted by atomic mass is 10.2. The number of nitrogens with one attached hydrogen (secondary N) is 1. The first-order chi connectivity index (χ1) is 10.7. The van der Waals surface area contributed by atoms with Crippen LogP contribution in [0.1, 0.15) is 27.9 Å². The zero-order chi connectivity index (χ0) is 15.5. The summed E-state index contributed by atoms with van der Waals surface area (Å²) in [6.45, 7) is 3.97. The van der Waals surface area contributed by atoms with Gasteiger partial charge in [0.15, 0.2) is 5.13 Å². The molecule has 5 nitrogen and oxygen atoms in total. The SMILES string of the molecule is CCc1c(C(=O)Nc2ncc(C)s2)cnn1-c1ccccc1. The number of carbonyl (C=O) groups excluding carboxylic acids is 1. The molecule has 6 heteroatoms. The Morgan fingerprint density at radius 1 is 1.27 bits per heavy atom. The molecule has 0 unspecified atom stereocenters. The Labute approximate surface area is 132 Å². The van der Waals surface area contributed by atoms with E-state index in [1.54, 1.807) is 12.4 Å². The van der Waals surface area contributed by atoms with Gasteiger partial charge in [-0.2, -0.15) is 5.10 Å². The van der Waals surface area contributed by atoms with Crippen LogP contribution < -0.4 is 5.32 Å². The minimum absolute atomic E-state index is 0.173. The Balaban J connectivity index is 1.91. The minimum atomic E-state index is -0.173. The normalized spacial score (nSPS) is 10.6. The van der Waals surface area contributed by atoms with E-state index < -0.39 is 0 Å². The number of aromatic nitrogens is 3. The highest BCUT2D eigenvalue weighted by Gasteiger charge is 2.18. The summed E-state index contributed by atoms with van der Waals surface area (Å²) in [5.41, 5.74) is 2.42. The highest BCUT2D eigenvalue weighted by molar-refractivity contribution is 7.15. The fourth-order valence-corrected chi connectivity index (χ4v) is 2.93. The molecule has 1 aromatic carbocycles. The van der Waals surface area contributed by atoms with Crippen molar-refractivity contribution in [2.45, 2.75) is 20.3 Å². The maximum Gasteiger partial charge on any atom is 0.260 e. The van der Waals surface area contributed by atoms with E-state index in [1.807, 2.05) is 48.9 Å². The second-order valence-corrected chi connectivity index (χ2v) is 6.07. The van der Waals surface area contributed by atoms with Crippen molar-refractivity contribution in [1.82, 2.24) is 14.8 Å². The second-order valence-electron chi connectivity index (χ2n) is 4.84. The first-order valence-electron chi connectivity index (χ1n) is 7.05. The lowest BCUT2D eigenvalue weighted by Crippen LogP contribution is -2.14. The molecule has 1 amide bonds. The van der Waals surface area contributed by atoms with Gasteiger partial charge >= 0.3 is 0 Å². The molecule has 2 aromatic heterocycles. The van der Waals surface area contributed by atoms with Crippen molar-refractivity contribution in [2.75, 3.05) is 5.32 Å². The number of benzene rings is 1. The van der Waals surface area contributed by atoms with Gasteiger partial charge in [0.25, 0.3) is 5.91 Å². The number of thiazole rings is 1. The Morgan fingerprint density at radius 2 is 2.05 bits per heavy atom. The van der Waals surface area contributed by atoms with Crippen molar-refractivity contribution in [3.05, 3.63) is 58.9 Å². The van der Waals surface area contributed by atoms with Crippen LogP contribution in [-0.2, 0) is 6.42 Å². The van der Waals surface area contributed by atoms with Crippen LogP contribution in [0.4, 0.5) is 5.13 Å². The molecule has 1 N–H and O–H groups in total. The van der Waals surface area contributed by atoms with E-state index in [2.05, 4.69) is 15.4 Å². The molecule has 3 rings (SSSR count). The molecule has 22 heavy (non-hydrogen) atoms. The number of anilines is 1. The molecule has 0 atom stereocenters. The number of amides is 1. The summed E-state index contributed by atoms with van der Waals surface area (Å²) in [5, 5.41) is 7.81. The highest BCUT2D eigenvalue weighted by Crippen LogP contribution is 2.20. The molecule has 2 heterocycles. The van der Waals surface area contributed by atoms with Crippen LogP contribution >= 0.6 is 11.3 Å². The summed E-state index contributed by atoms with van der Waals surface area (Å²) < 4.78 is 1.81. The van der Waals surface area contributed by atoms with Gasteiger partial charge in [0.05, 0.1) is 23.1 Å². The number of hydrogen-bond donors (Lipinski definition) is 1. The molecule has 0 bridgehead atoms. The molecule has 112 valence electrons. The van der Waals surface area contributed by atoms with E-state index in [-0.39, 0.29) is 5.91 Å². The van der Waals surface area contributed by atoms with Gasteiger partial charge < -0.3 is 0 Å². The summed E-state index contributed by atoms with van der Waals surface area (Å²) >= 11 is 1.46. The van der Waals surface area contributed by atoms with Crippen LogP contribution in [0.3, 0.4) is 0 Å². The average Bonchev–Trinajstić information content (AvgIpc) is 3.14. The smallest absolute Gasteiger partial charge is 0.260 e. The van der Waals surface area contributed by atoms with Gasteiger partial charge in [-0.05, 0) is 25.5 Å². The van der Waals surface area contributed by atoms with Crippen LogP contribution in [-0.4, -0.2) is 20.7 Å². The highest BCUT2D eigenvalue weighted by atomic mass is 32.1. The Morgan fingerprint density at radius 3 is 2.68 bits per heavy atom. The predicted molar refractivity (Wildman–Crippen MR) is 87.7 cm³/mol. The molecule has 0 saturated carbocycles. The number of rotatable bonds is 4. The number of aryl methyl sites for hydroxylation is 1. The fourth-order valence-electron chi connectivity index (χ4n) is 2.27. The van der Waals surface area contributed by atoms with Gasteiger partial charge in [-0.15, -0.1) is 11.3 Å². The first-order valence-corrected chi connectivity index (χ1v) is 7.86. The number of nitrogens with zero attached hydrogens (tertiary/aromatic N) is 3. The predicted octanol–water partition coefficient (Wildman–Crippen LogP) is 3.45. The molecule has 0 spiro atoms. The lowest BCUT2D eigenvalue weighted by Gasteiger charge is -2.07. The summed E-state index contributed by atoms with van der Waals surface area (Å²) in [7, 11) is 0. The summed E-state index contributed by atoms with van der Waals surface area (Å²) in [4.78, 5) is 17.7. The van der Waals surface area contributed by atoms with E-state index in [0.717, 1.165) is 16.3 Å². The molecule has 0 aliphatic heterocycles. The van der Waals surface area contributed by atoms with E-state index in [4.69, 9.17) is 0 Å². The van der Waals surface area contributed by atoms with E-state index >= 15 is 0 Å². The minimum Gasteiger partial charge on any atom is -0.298 e. The molecular weight excluding hydrogens is 296 g/mol. The van der Waals surface area contributed by atoms with Gasteiger partial charge in [0.2, 0.25) is 0 Å². The maximum absolute atomic E-state index is 12.4. The second kappa shape index (κ2) is 6.11. The van der Waals surface area contributed by atoms with Gasteiger partial charge in [-0.3, -0.25) is 10.1 Å². The van der Waals surface area contributed by atoms with Crippen LogP contribution in [0.2, 0.25) is 0 Å². The van der Waals surface area contributed by atoms with Crippen molar-refractivity contribution in [2.24, 2.45) is 0 Å². The largest absolute Gasteiger partial charge is 0.298 e. The third-order valence-corrected chi connectivity index (χ3v) is 4.12. The Bertz CT molecular complexity index is 792. The molecule has 0 aliphatic carbocycles. The van der Waals surface area contributed by atoms with Crippen LogP contribution in [0, 0.1) is 6.92 Å². The maximum atomic E-state index is 12.4. The van der Waals surface area contributed by atoms with Crippen molar-refractivity contribution >= 4 is 22.4 Å². The van der Waals surface area contributed by atoms with Crippen LogP contribution in [0.5, 0.6) is 0 Å². The number of carbonyl (C=O) groups is 1. The zero-order valence-electron chi connectivity index (χ0n) is 12.4. The van der Waals surface area contributed by atoms with E-state index in [9.17, 15) is 4.79 Å². The number of hydrogen-bond acceptors (Lipinski definition) is 4. The molecule has 0 radical (unpaired) electrons. The fraction of sp³-hybridized carbons (Fsp3) is 0.188. The van der Waals surface area contributed by atoms with Gasteiger partial charge in [0, 0.05) is 11.1 Å². The van der Waals surface area contributed by atoms with Crippen molar-refractivity contribution < 1.29 is 4.79 Å². The summed E-state index contributed by atoms with van der Waals surface area (Å²) in [5.74, 6) is -0.173. The monoisotopic (exact) mass is 312 g/mol. The third kappa shape index (κ3) is 2.78. The summed E-state index contributed by atoms with van der Waals surface area (Å²) in [6, 6.07) is 9.80. The van der Waals surface area contributed by atoms with E-state index in [1.165, 1.54) is 11.3 Å². The van der Waals surface area contributed by atoms with Crippen molar-refractivity contribution in [3.8, 4) is 5.69 Å². The standard InChI is InChI=1S/C16H16N4OS/c1-3-14-13(15(21)19-16-17-9-11(2)22-16)10-18-20(14)12-7-5-4-6-8-12/h4-10H,3H2,1-2H3,(H,17,19,21). The Kier molecular flexibility index (Phi) is 4.02. The van der Waals surface area contributed by atoms with E-state index in [0.29, 0.717) is 17.1 Å². The molecule has 0 saturated heterocycles. The quantitative estimate of drug-likeness (QED) is 0.802. The number of para-hydroxylation sites is 1. The van der Waals surface area contributed by atoms with Crippen LogP contribution in [0.15, 0.2) is 42.7 Å². The third-order valence-electron chi connectivity index (χ3n) is 3.29. The Hall–Kier alpha value is -2.47. The topological polar surface area (TPSA) is 59.8 Å². The van der Waals surface area contributed by atoms with Crippen molar-refractivity contribution in [3.63, 3.8) is 0 Å². The molecule has 3 aromatic rings. The zero-order valence-corrected chi connectivity index (χ0v) is 13.2. The van der Waals surface area contributed by atoms with Gasteiger partial charge in [-0.25, -0.2) is 9.67 Å². The van der Waals surface area contributed by atoms with Gasteiger partial charge in [0.1, 0.15) is 0 Å². The summed E-state index contributed by atoms with van der Waals surface area (Å²) in [6.07, 6.45) is 4.07. The molecule has 0 aliphatic rings. The average molecular weight is 312 g/mol. The molecular formula is C16H16N4OS.